The lowest BCUT2D eigenvalue weighted by molar-refractivity contribution is 0.962. The fraction of sp³-hybridized carbons (Fsp3) is 0.214. The molecule has 102 valence electrons. The molecule has 0 spiro atoms. The Morgan fingerprint density at radius 1 is 1.15 bits per heavy atom. The van der Waals surface area contributed by atoms with Crippen LogP contribution >= 0.6 is 0 Å². The molecule has 6 heteroatoms. The minimum absolute atomic E-state index is 0.627. The van der Waals surface area contributed by atoms with Crippen LogP contribution in [-0.2, 0) is 0 Å². The van der Waals surface area contributed by atoms with Gasteiger partial charge < -0.3 is 5.43 Å². The maximum atomic E-state index is 5.54. The van der Waals surface area contributed by atoms with Gasteiger partial charge in [0, 0.05) is 11.9 Å². The van der Waals surface area contributed by atoms with E-state index < -0.39 is 0 Å². The Labute approximate surface area is 116 Å². The van der Waals surface area contributed by atoms with E-state index in [0.29, 0.717) is 5.82 Å². The molecule has 0 bridgehead atoms. The molecule has 0 aliphatic carbocycles. The van der Waals surface area contributed by atoms with Gasteiger partial charge in [-0.15, -0.1) is 0 Å². The normalized spacial score (nSPS) is 11.0. The SMILES string of the molecule is Cc1ccnc(-n2c(C)c(C)c3c(NN)ncnc32)c1. The van der Waals surface area contributed by atoms with E-state index in [1.807, 2.05) is 37.5 Å². The van der Waals surface area contributed by atoms with Gasteiger partial charge in [0.2, 0.25) is 0 Å². The van der Waals surface area contributed by atoms with Crippen molar-refractivity contribution in [2.45, 2.75) is 20.8 Å². The number of anilines is 1. The third kappa shape index (κ3) is 1.73. The summed E-state index contributed by atoms with van der Waals surface area (Å²) in [4.78, 5) is 13.0. The second-order valence-corrected chi connectivity index (χ2v) is 4.80. The van der Waals surface area contributed by atoms with Crippen LogP contribution in [-0.4, -0.2) is 19.5 Å². The van der Waals surface area contributed by atoms with Crippen molar-refractivity contribution in [1.82, 2.24) is 19.5 Å². The fourth-order valence-corrected chi connectivity index (χ4v) is 2.43. The molecule has 20 heavy (non-hydrogen) atoms. The number of nitrogens with one attached hydrogen (secondary N) is 1. The van der Waals surface area contributed by atoms with Crippen LogP contribution < -0.4 is 11.3 Å². The maximum Gasteiger partial charge on any atom is 0.153 e. The molecule has 0 saturated carbocycles. The molecular formula is C14H16N6. The summed E-state index contributed by atoms with van der Waals surface area (Å²) in [5.74, 6) is 7.02. The van der Waals surface area contributed by atoms with Crippen molar-refractivity contribution in [3.63, 3.8) is 0 Å². The standard InChI is InChI=1S/C14H16N6/c1-8-4-5-16-11(6-8)20-10(3)9(2)12-13(19-15)17-7-18-14(12)20/h4-7H,15H2,1-3H3,(H,17,18,19). The number of rotatable bonds is 2. The predicted molar refractivity (Wildman–Crippen MR) is 78.7 cm³/mol. The minimum Gasteiger partial charge on any atom is -0.308 e. The molecule has 0 aliphatic heterocycles. The van der Waals surface area contributed by atoms with Crippen LogP contribution in [0.4, 0.5) is 5.82 Å². The Balaban J connectivity index is 2.40. The number of aryl methyl sites for hydroxylation is 2. The molecule has 3 heterocycles. The molecule has 6 nitrogen and oxygen atoms in total. The van der Waals surface area contributed by atoms with Gasteiger partial charge in [-0.1, -0.05) is 0 Å². The van der Waals surface area contributed by atoms with Crippen LogP contribution in [0.2, 0.25) is 0 Å². The van der Waals surface area contributed by atoms with E-state index in [4.69, 9.17) is 5.84 Å². The van der Waals surface area contributed by atoms with Crippen LogP contribution in [0.3, 0.4) is 0 Å². The third-order valence-corrected chi connectivity index (χ3v) is 3.56. The number of hydrazine groups is 1. The van der Waals surface area contributed by atoms with Crippen molar-refractivity contribution in [2.24, 2.45) is 5.84 Å². The Morgan fingerprint density at radius 3 is 2.65 bits per heavy atom. The summed E-state index contributed by atoms with van der Waals surface area (Å²) in [6.07, 6.45) is 3.30. The summed E-state index contributed by atoms with van der Waals surface area (Å²) in [5, 5.41) is 0.927. The molecule has 0 amide bonds. The smallest absolute Gasteiger partial charge is 0.153 e. The summed E-state index contributed by atoms with van der Waals surface area (Å²) in [6, 6.07) is 4.00. The Hall–Kier alpha value is -2.47. The second kappa shape index (κ2) is 4.57. The molecule has 3 rings (SSSR count). The second-order valence-electron chi connectivity index (χ2n) is 4.80. The first-order valence-electron chi connectivity index (χ1n) is 6.35. The Kier molecular flexibility index (Phi) is 2.87. The summed E-state index contributed by atoms with van der Waals surface area (Å²) in [6.45, 7) is 6.12. The number of hydrogen-bond donors (Lipinski definition) is 2. The quantitative estimate of drug-likeness (QED) is 0.549. The lowest BCUT2D eigenvalue weighted by atomic mass is 10.2. The van der Waals surface area contributed by atoms with E-state index >= 15 is 0 Å². The highest BCUT2D eigenvalue weighted by molar-refractivity contribution is 5.92. The first-order chi connectivity index (χ1) is 9.63. The van der Waals surface area contributed by atoms with Crippen LogP contribution in [0.1, 0.15) is 16.8 Å². The molecule has 3 aromatic rings. The van der Waals surface area contributed by atoms with Crippen LogP contribution in [0.5, 0.6) is 0 Å². The van der Waals surface area contributed by atoms with Crippen molar-refractivity contribution in [2.75, 3.05) is 5.43 Å². The number of fused-ring (bicyclic) bond motifs is 1. The Morgan fingerprint density at radius 2 is 1.95 bits per heavy atom. The summed E-state index contributed by atoms with van der Waals surface area (Å²) < 4.78 is 2.03. The summed E-state index contributed by atoms with van der Waals surface area (Å²) >= 11 is 0. The van der Waals surface area contributed by atoms with Crippen LogP contribution in [0.25, 0.3) is 16.9 Å². The average Bonchev–Trinajstić information content (AvgIpc) is 2.71. The molecule has 0 fully saturated rings. The average molecular weight is 268 g/mol. The van der Waals surface area contributed by atoms with E-state index in [-0.39, 0.29) is 0 Å². The molecule has 0 unspecified atom stereocenters. The van der Waals surface area contributed by atoms with Gasteiger partial charge in [-0.25, -0.2) is 20.8 Å². The van der Waals surface area contributed by atoms with Gasteiger partial charge in [-0.2, -0.15) is 0 Å². The zero-order valence-corrected chi connectivity index (χ0v) is 11.7. The minimum atomic E-state index is 0.627. The van der Waals surface area contributed by atoms with Gasteiger partial charge in [0.25, 0.3) is 0 Å². The van der Waals surface area contributed by atoms with Crippen molar-refractivity contribution in [3.8, 4) is 5.82 Å². The van der Waals surface area contributed by atoms with Gasteiger partial charge in [-0.05, 0) is 44.0 Å². The summed E-state index contributed by atoms with van der Waals surface area (Å²) in [7, 11) is 0. The molecule has 3 aromatic heterocycles. The van der Waals surface area contributed by atoms with Crippen molar-refractivity contribution in [3.05, 3.63) is 41.5 Å². The zero-order valence-electron chi connectivity index (χ0n) is 11.7. The molecule has 0 aliphatic rings. The predicted octanol–water partition coefficient (Wildman–Crippen LogP) is 2.03. The highest BCUT2D eigenvalue weighted by Crippen LogP contribution is 2.30. The lowest BCUT2D eigenvalue weighted by Crippen LogP contribution is -2.09. The largest absolute Gasteiger partial charge is 0.308 e. The Bertz CT molecular complexity index is 790. The van der Waals surface area contributed by atoms with E-state index in [0.717, 1.165) is 33.7 Å². The van der Waals surface area contributed by atoms with Gasteiger partial charge in [0.05, 0.1) is 5.39 Å². The van der Waals surface area contributed by atoms with Gasteiger partial charge in [0.1, 0.15) is 12.1 Å². The first kappa shape index (κ1) is 12.6. The number of nitrogen functional groups attached to an aromatic ring is 1. The number of nitrogens with two attached hydrogens (primary N) is 1. The van der Waals surface area contributed by atoms with E-state index in [9.17, 15) is 0 Å². The first-order valence-corrected chi connectivity index (χ1v) is 6.35. The van der Waals surface area contributed by atoms with E-state index in [2.05, 4.69) is 20.4 Å². The van der Waals surface area contributed by atoms with Crippen molar-refractivity contribution >= 4 is 16.9 Å². The molecule has 3 N–H and O–H groups in total. The molecule has 0 radical (unpaired) electrons. The van der Waals surface area contributed by atoms with E-state index in [1.54, 1.807) is 6.20 Å². The number of nitrogens with zero attached hydrogens (tertiary/aromatic N) is 4. The number of hydrogen-bond acceptors (Lipinski definition) is 5. The van der Waals surface area contributed by atoms with Gasteiger partial charge >= 0.3 is 0 Å². The van der Waals surface area contributed by atoms with Crippen molar-refractivity contribution < 1.29 is 0 Å². The van der Waals surface area contributed by atoms with Crippen LogP contribution in [0.15, 0.2) is 24.7 Å². The number of aromatic nitrogens is 4. The lowest BCUT2D eigenvalue weighted by Gasteiger charge is -2.07. The highest BCUT2D eigenvalue weighted by Gasteiger charge is 2.17. The molecule has 0 atom stereocenters. The van der Waals surface area contributed by atoms with Crippen molar-refractivity contribution in [1.29, 1.82) is 0 Å². The van der Waals surface area contributed by atoms with Gasteiger partial charge in [0.15, 0.2) is 11.5 Å². The topological polar surface area (TPSA) is 81.7 Å². The fourth-order valence-electron chi connectivity index (χ4n) is 2.43. The highest BCUT2D eigenvalue weighted by atomic mass is 15.3. The maximum absolute atomic E-state index is 5.54. The monoisotopic (exact) mass is 268 g/mol. The third-order valence-electron chi connectivity index (χ3n) is 3.56. The number of pyridine rings is 1. The van der Waals surface area contributed by atoms with E-state index in [1.165, 1.54) is 6.33 Å². The molecular weight excluding hydrogens is 252 g/mol. The zero-order chi connectivity index (χ0) is 14.3. The van der Waals surface area contributed by atoms with Gasteiger partial charge in [-0.3, -0.25) is 4.57 Å². The molecule has 0 aromatic carbocycles. The summed E-state index contributed by atoms with van der Waals surface area (Å²) in [5.41, 5.74) is 6.76. The molecule has 0 saturated heterocycles. The van der Waals surface area contributed by atoms with Crippen LogP contribution in [0, 0.1) is 20.8 Å².